The molecular formula is C32H29B2N3O9. The van der Waals surface area contributed by atoms with Crippen molar-refractivity contribution in [2.75, 3.05) is 6.54 Å². The van der Waals surface area contributed by atoms with Crippen LogP contribution in [0.2, 0.25) is 0 Å². The molecule has 0 aliphatic carbocycles. The van der Waals surface area contributed by atoms with Crippen molar-refractivity contribution in [3.05, 3.63) is 93.7 Å². The van der Waals surface area contributed by atoms with E-state index in [9.17, 15) is 34.3 Å². The Balaban J connectivity index is 1.30. The number of amides is 3. The Morgan fingerprint density at radius 2 is 1.65 bits per heavy atom. The number of benzene rings is 3. The van der Waals surface area contributed by atoms with E-state index in [0.717, 1.165) is 17.2 Å². The second-order valence-electron chi connectivity index (χ2n) is 11.9. The van der Waals surface area contributed by atoms with Crippen molar-refractivity contribution in [3.8, 4) is 11.1 Å². The van der Waals surface area contributed by atoms with Crippen LogP contribution in [0.3, 0.4) is 0 Å². The van der Waals surface area contributed by atoms with Crippen molar-refractivity contribution in [3.63, 3.8) is 0 Å². The molecule has 4 heterocycles. The third-order valence-electron chi connectivity index (χ3n) is 9.20. The molecule has 1 atom stereocenters. The number of nitrogens with two attached hydrogens (primary N) is 1. The maximum atomic E-state index is 14.5. The maximum absolute atomic E-state index is 14.5. The summed E-state index contributed by atoms with van der Waals surface area (Å²) in [5, 5.41) is 30.6. The highest BCUT2D eigenvalue weighted by molar-refractivity contribution is 6.62. The Labute approximate surface area is 264 Å². The van der Waals surface area contributed by atoms with Gasteiger partial charge in [-0.25, -0.2) is 4.79 Å². The van der Waals surface area contributed by atoms with Gasteiger partial charge in [-0.1, -0.05) is 24.3 Å². The number of aliphatic carboxylic acids is 1. The van der Waals surface area contributed by atoms with Gasteiger partial charge in [0.15, 0.2) is 0 Å². The van der Waals surface area contributed by atoms with Crippen LogP contribution < -0.4 is 16.7 Å². The number of carbonyl (C=O) groups is 4. The van der Waals surface area contributed by atoms with Crippen LogP contribution >= 0.6 is 0 Å². The van der Waals surface area contributed by atoms with Gasteiger partial charge in [-0.3, -0.25) is 14.4 Å². The number of primary amides is 1. The zero-order valence-electron chi connectivity index (χ0n) is 24.6. The zero-order valence-corrected chi connectivity index (χ0v) is 24.6. The van der Waals surface area contributed by atoms with Crippen LogP contribution in [-0.2, 0) is 45.1 Å². The van der Waals surface area contributed by atoms with Crippen LogP contribution in [0.15, 0.2) is 60.3 Å². The number of carbonyl (C=O) groups excluding carboxylic acids is 3. The molecule has 4 aliphatic rings. The molecule has 7 rings (SSSR count). The summed E-state index contributed by atoms with van der Waals surface area (Å²) in [6.07, 6.45) is 2.22. The molecule has 232 valence electrons. The summed E-state index contributed by atoms with van der Waals surface area (Å²) in [6.45, 7) is 0.562. The van der Waals surface area contributed by atoms with E-state index in [0.29, 0.717) is 51.7 Å². The first-order valence-electron chi connectivity index (χ1n) is 15.0. The van der Waals surface area contributed by atoms with E-state index >= 15 is 0 Å². The predicted octanol–water partition coefficient (Wildman–Crippen LogP) is 0.0459. The Bertz CT molecular complexity index is 1860. The first kappa shape index (κ1) is 29.9. The summed E-state index contributed by atoms with van der Waals surface area (Å²) in [5.41, 5.74) is 10.9. The van der Waals surface area contributed by atoms with Crippen molar-refractivity contribution < 1.29 is 43.6 Å². The van der Waals surface area contributed by atoms with Crippen molar-refractivity contribution in [1.29, 1.82) is 0 Å². The van der Waals surface area contributed by atoms with Crippen LogP contribution in [0, 0.1) is 0 Å². The van der Waals surface area contributed by atoms with Crippen molar-refractivity contribution >= 4 is 48.9 Å². The van der Waals surface area contributed by atoms with Gasteiger partial charge in [0.2, 0.25) is 11.8 Å². The van der Waals surface area contributed by atoms with E-state index in [2.05, 4.69) is 0 Å². The van der Waals surface area contributed by atoms with Gasteiger partial charge in [-0.05, 0) is 81.4 Å². The smallest absolute Gasteiger partial charge is 0.478 e. The van der Waals surface area contributed by atoms with Gasteiger partial charge in [0, 0.05) is 35.9 Å². The Morgan fingerprint density at radius 1 is 0.913 bits per heavy atom. The molecule has 0 saturated carbocycles. The van der Waals surface area contributed by atoms with Gasteiger partial charge in [0.1, 0.15) is 6.04 Å². The van der Waals surface area contributed by atoms with Gasteiger partial charge in [-0.2, -0.15) is 0 Å². The number of carboxylic acids is 1. The minimum Gasteiger partial charge on any atom is -0.478 e. The fourth-order valence-corrected chi connectivity index (χ4v) is 6.92. The number of likely N-dealkylation sites (tertiary alicyclic amines) is 1. The number of nitrogens with zero attached hydrogens (tertiary/aromatic N) is 2. The average molecular weight is 621 g/mol. The third kappa shape index (κ3) is 5.09. The highest BCUT2D eigenvalue weighted by Gasteiger charge is 2.41. The molecule has 0 unspecified atom stereocenters. The molecule has 0 spiro atoms. The van der Waals surface area contributed by atoms with E-state index in [1.807, 2.05) is 24.3 Å². The van der Waals surface area contributed by atoms with Crippen LogP contribution in [0.25, 0.3) is 11.1 Å². The highest BCUT2D eigenvalue weighted by Crippen LogP contribution is 2.35. The van der Waals surface area contributed by atoms with Gasteiger partial charge in [-0.15, -0.1) is 0 Å². The largest absolute Gasteiger partial charge is 0.491 e. The van der Waals surface area contributed by atoms with E-state index in [-0.39, 0.29) is 49.8 Å². The second kappa shape index (κ2) is 11.6. The molecule has 1 fully saturated rings. The van der Waals surface area contributed by atoms with Crippen molar-refractivity contribution in [2.24, 2.45) is 5.73 Å². The van der Waals surface area contributed by atoms with E-state index in [1.165, 1.54) is 15.9 Å². The fraction of sp³-hybridized carbons (Fsp3) is 0.250. The number of hydrogen-bond donors (Lipinski definition) is 4. The SMILES string of the molecule is NC(=O)c1cc2c(c(-c3cc4c(cc3C(=O)N3CCC[C@H]3C(=O)N3Cc5ccccc5C/C3=C\C(=O)O)B(O)OC4)c1)COB2O. The first-order chi connectivity index (χ1) is 22.1. The monoisotopic (exact) mass is 621 g/mol. The molecule has 46 heavy (non-hydrogen) atoms. The van der Waals surface area contributed by atoms with Gasteiger partial charge < -0.3 is 40.0 Å². The van der Waals surface area contributed by atoms with Gasteiger partial charge >= 0.3 is 20.2 Å². The number of allylic oxidation sites excluding steroid dienone is 1. The third-order valence-corrected chi connectivity index (χ3v) is 9.20. The standard InChI is InChI=1S/C32H29B2N3O9/c35-30(40)19-9-23(25-16-46-34(44)27(25)11-19)22-10-20-15-45-33(43)26(20)13-24(22)31(41)36-7-3-6-28(36)32(42)37-14-18-5-2-1-4-17(18)8-21(37)12-29(38)39/h1-2,4-5,9-13,28,43-44H,3,6-8,14-16H2,(H2,35,40)(H,38,39)/b21-12+/t28-/m0/s1. The molecule has 14 heteroatoms. The highest BCUT2D eigenvalue weighted by atomic mass is 16.5. The van der Waals surface area contributed by atoms with Crippen LogP contribution in [0.1, 0.15) is 55.8 Å². The summed E-state index contributed by atoms with van der Waals surface area (Å²) in [5.74, 6) is -2.76. The lowest BCUT2D eigenvalue weighted by Gasteiger charge is -2.35. The summed E-state index contributed by atoms with van der Waals surface area (Å²) in [6, 6.07) is 12.9. The maximum Gasteiger partial charge on any atom is 0.491 e. The van der Waals surface area contributed by atoms with Crippen molar-refractivity contribution in [2.45, 2.75) is 45.1 Å². The molecule has 0 aromatic heterocycles. The zero-order chi connectivity index (χ0) is 32.3. The molecule has 3 aromatic carbocycles. The molecule has 3 aromatic rings. The predicted molar refractivity (Wildman–Crippen MR) is 166 cm³/mol. The van der Waals surface area contributed by atoms with E-state index in [4.69, 9.17) is 15.0 Å². The number of fused-ring (bicyclic) bond motifs is 3. The Hall–Kier alpha value is -4.75. The molecule has 12 nitrogen and oxygen atoms in total. The van der Waals surface area contributed by atoms with Gasteiger partial charge in [0.25, 0.3) is 5.91 Å². The lowest BCUT2D eigenvalue weighted by Crippen LogP contribution is -2.48. The minimum absolute atomic E-state index is 0.0225. The Kier molecular flexibility index (Phi) is 7.52. The molecule has 0 bridgehead atoms. The second-order valence-corrected chi connectivity index (χ2v) is 11.9. The molecule has 3 amide bonds. The normalized spacial score (nSPS) is 19.3. The summed E-state index contributed by atoms with van der Waals surface area (Å²) in [7, 11) is -2.54. The van der Waals surface area contributed by atoms with Crippen LogP contribution in [0.5, 0.6) is 0 Å². The molecular weight excluding hydrogens is 592 g/mol. The number of hydrogen-bond acceptors (Lipinski definition) is 8. The Morgan fingerprint density at radius 3 is 2.41 bits per heavy atom. The van der Waals surface area contributed by atoms with Crippen LogP contribution in [0.4, 0.5) is 0 Å². The summed E-state index contributed by atoms with van der Waals surface area (Å²) >= 11 is 0. The average Bonchev–Trinajstić information content (AvgIpc) is 3.77. The van der Waals surface area contributed by atoms with Crippen LogP contribution in [-0.4, -0.2) is 75.5 Å². The minimum atomic E-state index is -1.28. The van der Waals surface area contributed by atoms with E-state index in [1.54, 1.807) is 18.2 Å². The quantitative estimate of drug-likeness (QED) is 0.226. The first-order valence-corrected chi connectivity index (χ1v) is 15.0. The fourth-order valence-electron chi connectivity index (χ4n) is 6.92. The van der Waals surface area contributed by atoms with Crippen molar-refractivity contribution in [1.82, 2.24) is 9.80 Å². The number of rotatable bonds is 5. The summed E-state index contributed by atoms with van der Waals surface area (Å²) in [4.78, 5) is 55.7. The van der Waals surface area contributed by atoms with Gasteiger partial charge in [0.05, 0.1) is 19.8 Å². The molecule has 1 saturated heterocycles. The summed E-state index contributed by atoms with van der Waals surface area (Å²) < 4.78 is 10.9. The topological polar surface area (TPSA) is 180 Å². The molecule has 5 N–H and O–H groups in total. The molecule has 0 radical (unpaired) electrons. The lowest BCUT2D eigenvalue weighted by atomic mass is 9.74. The molecule has 4 aliphatic heterocycles. The lowest BCUT2D eigenvalue weighted by molar-refractivity contribution is -0.134. The number of carboxylic acid groups (broad SMARTS) is 1. The van der Waals surface area contributed by atoms with E-state index < -0.39 is 38.1 Å².